The van der Waals surface area contributed by atoms with Crippen molar-refractivity contribution in [2.24, 2.45) is 0 Å². The molecule has 1 unspecified atom stereocenters. The van der Waals surface area contributed by atoms with E-state index in [1.165, 1.54) is 18.1 Å². The van der Waals surface area contributed by atoms with Crippen molar-refractivity contribution in [3.63, 3.8) is 0 Å². The Balaban J connectivity index is 1.76. The molecule has 2 fully saturated rings. The Morgan fingerprint density at radius 3 is 2.59 bits per heavy atom. The van der Waals surface area contributed by atoms with Crippen LogP contribution in [0.5, 0.6) is 5.75 Å². The van der Waals surface area contributed by atoms with Crippen molar-refractivity contribution in [3.8, 4) is 5.75 Å². The Kier molecular flexibility index (Phi) is 6.74. The molecular weight excluding hydrogens is 434 g/mol. The minimum atomic E-state index is -0.747. The van der Waals surface area contributed by atoms with E-state index in [-0.39, 0.29) is 16.9 Å². The molecule has 3 heterocycles. The lowest BCUT2D eigenvalue weighted by Crippen LogP contribution is -2.42. The fraction of sp³-hybridized carbons (Fsp3) is 0.348. The van der Waals surface area contributed by atoms with E-state index < -0.39 is 17.7 Å². The van der Waals surface area contributed by atoms with E-state index in [2.05, 4.69) is 9.88 Å². The summed E-state index contributed by atoms with van der Waals surface area (Å²) in [6.07, 6.45) is 3.19. The number of morpholine rings is 1. The summed E-state index contributed by atoms with van der Waals surface area (Å²) in [5.74, 6) is -1.37. The number of amides is 1. The fourth-order valence-electron chi connectivity index (χ4n) is 4.09. The second-order valence-electron chi connectivity index (χ2n) is 7.57. The van der Waals surface area contributed by atoms with E-state index in [0.717, 1.165) is 13.1 Å². The number of rotatable bonds is 6. The lowest BCUT2D eigenvalue weighted by atomic mass is 9.95. The molecule has 1 atom stereocenters. The van der Waals surface area contributed by atoms with Crippen molar-refractivity contribution < 1.29 is 24.2 Å². The standard InChI is InChI=1S/C23H24ClN3O5/c1-31-18-3-2-16(24)14-17(18)21(28)19-20(15-4-6-25-7-5-15)27(23(30)22(19)29)9-8-26-10-12-32-13-11-26/h2-7,14,20,28H,8-13H2,1H3/b21-19+. The van der Waals surface area contributed by atoms with Gasteiger partial charge in [0, 0.05) is 43.6 Å². The van der Waals surface area contributed by atoms with Crippen LogP contribution in [0.3, 0.4) is 0 Å². The van der Waals surface area contributed by atoms with Gasteiger partial charge in [0.25, 0.3) is 11.7 Å². The Morgan fingerprint density at radius 1 is 1.19 bits per heavy atom. The first kappa shape index (κ1) is 22.3. The van der Waals surface area contributed by atoms with E-state index in [9.17, 15) is 14.7 Å². The molecule has 1 amide bonds. The van der Waals surface area contributed by atoms with Crippen molar-refractivity contribution in [1.29, 1.82) is 0 Å². The topological polar surface area (TPSA) is 92.2 Å². The van der Waals surface area contributed by atoms with Crippen LogP contribution < -0.4 is 4.74 Å². The molecule has 2 aliphatic heterocycles. The van der Waals surface area contributed by atoms with Crippen molar-refractivity contribution in [3.05, 3.63) is 64.4 Å². The molecule has 0 saturated carbocycles. The number of carbonyl (C=O) groups excluding carboxylic acids is 2. The van der Waals surface area contributed by atoms with Gasteiger partial charge in [0.05, 0.1) is 37.5 Å². The highest BCUT2D eigenvalue weighted by atomic mass is 35.5. The first-order chi connectivity index (χ1) is 15.5. The van der Waals surface area contributed by atoms with Gasteiger partial charge in [-0.2, -0.15) is 0 Å². The summed E-state index contributed by atoms with van der Waals surface area (Å²) in [6.45, 7) is 3.75. The molecule has 0 radical (unpaired) electrons. The van der Waals surface area contributed by atoms with E-state index in [4.69, 9.17) is 21.1 Å². The van der Waals surface area contributed by atoms with Gasteiger partial charge in [0.1, 0.15) is 11.5 Å². The largest absolute Gasteiger partial charge is 0.507 e. The third-order valence-corrected chi connectivity index (χ3v) is 5.97. The molecule has 1 aromatic heterocycles. The maximum atomic E-state index is 13.1. The normalized spacial score (nSPS) is 21.2. The first-order valence-electron chi connectivity index (χ1n) is 10.3. The van der Waals surface area contributed by atoms with Gasteiger partial charge < -0.3 is 19.5 Å². The van der Waals surface area contributed by atoms with Crippen LogP contribution in [0.25, 0.3) is 5.76 Å². The van der Waals surface area contributed by atoms with Gasteiger partial charge in [-0.1, -0.05) is 11.6 Å². The molecule has 168 valence electrons. The van der Waals surface area contributed by atoms with E-state index >= 15 is 0 Å². The van der Waals surface area contributed by atoms with Gasteiger partial charge in [-0.3, -0.25) is 19.5 Å². The SMILES string of the molecule is COc1ccc(Cl)cc1/C(O)=C1\C(=O)C(=O)N(CCN2CCOCC2)C1c1ccncc1. The van der Waals surface area contributed by atoms with Crippen LogP contribution in [0.15, 0.2) is 48.3 Å². The summed E-state index contributed by atoms with van der Waals surface area (Å²) >= 11 is 6.13. The molecule has 2 aromatic rings. The third kappa shape index (κ3) is 4.34. The number of methoxy groups -OCH3 is 1. The summed E-state index contributed by atoms with van der Waals surface area (Å²) in [5, 5.41) is 11.6. The summed E-state index contributed by atoms with van der Waals surface area (Å²) < 4.78 is 10.7. The van der Waals surface area contributed by atoms with Gasteiger partial charge >= 0.3 is 0 Å². The van der Waals surface area contributed by atoms with E-state index in [1.54, 1.807) is 36.7 Å². The molecule has 0 aliphatic carbocycles. The molecule has 8 nitrogen and oxygen atoms in total. The predicted octanol–water partition coefficient (Wildman–Crippen LogP) is 2.50. The maximum Gasteiger partial charge on any atom is 0.295 e. The van der Waals surface area contributed by atoms with Gasteiger partial charge in [0.15, 0.2) is 0 Å². The highest BCUT2D eigenvalue weighted by Gasteiger charge is 2.46. The van der Waals surface area contributed by atoms with Gasteiger partial charge in [-0.25, -0.2) is 0 Å². The number of aliphatic hydroxyl groups is 1. The number of carbonyl (C=O) groups is 2. The Bertz CT molecular complexity index is 1040. The predicted molar refractivity (Wildman–Crippen MR) is 119 cm³/mol. The minimum Gasteiger partial charge on any atom is -0.507 e. The number of hydrogen-bond donors (Lipinski definition) is 1. The van der Waals surface area contributed by atoms with Crippen molar-refractivity contribution in [2.45, 2.75) is 6.04 Å². The summed E-state index contributed by atoms with van der Waals surface area (Å²) in [5.41, 5.74) is 0.942. The van der Waals surface area contributed by atoms with Crippen LogP contribution in [-0.4, -0.2) is 78.1 Å². The Hall–Kier alpha value is -2.94. The Morgan fingerprint density at radius 2 is 1.91 bits per heavy atom. The quantitative estimate of drug-likeness (QED) is 0.404. The number of Topliss-reactive ketones (excluding diaryl/α,β-unsaturated/α-hetero) is 1. The summed E-state index contributed by atoms with van der Waals surface area (Å²) in [4.78, 5) is 33.9. The molecule has 1 N–H and O–H groups in total. The molecule has 9 heteroatoms. The smallest absolute Gasteiger partial charge is 0.295 e. The van der Waals surface area contributed by atoms with Crippen molar-refractivity contribution >= 4 is 29.1 Å². The summed E-state index contributed by atoms with van der Waals surface area (Å²) in [7, 11) is 1.46. The highest BCUT2D eigenvalue weighted by molar-refractivity contribution is 6.46. The number of benzene rings is 1. The molecule has 0 spiro atoms. The molecular formula is C23H24ClN3O5. The number of nitrogens with zero attached hydrogens (tertiary/aromatic N) is 3. The third-order valence-electron chi connectivity index (χ3n) is 5.74. The number of aliphatic hydroxyl groups excluding tert-OH is 1. The lowest BCUT2D eigenvalue weighted by Gasteiger charge is -2.31. The van der Waals surface area contributed by atoms with Gasteiger partial charge in [0.2, 0.25) is 0 Å². The fourth-order valence-corrected chi connectivity index (χ4v) is 4.26. The number of likely N-dealkylation sites (tertiary alicyclic amines) is 1. The van der Waals surface area contributed by atoms with Crippen LogP contribution in [0.2, 0.25) is 5.02 Å². The molecule has 0 bridgehead atoms. The zero-order chi connectivity index (χ0) is 22.7. The van der Waals surface area contributed by atoms with Crippen LogP contribution in [0.4, 0.5) is 0 Å². The average molecular weight is 458 g/mol. The lowest BCUT2D eigenvalue weighted by molar-refractivity contribution is -0.140. The number of halogens is 1. The molecule has 2 aliphatic rings. The van der Waals surface area contributed by atoms with Crippen LogP contribution in [0, 0.1) is 0 Å². The maximum absolute atomic E-state index is 13.1. The monoisotopic (exact) mass is 457 g/mol. The van der Waals surface area contributed by atoms with Crippen molar-refractivity contribution in [1.82, 2.24) is 14.8 Å². The zero-order valence-electron chi connectivity index (χ0n) is 17.7. The average Bonchev–Trinajstić information content (AvgIpc) is 3.08. The molecule has 32 heavy (non-hydrogen) atoms. The van der Waals surface area contributed by atoms with E-state index in [1.807, 2.05) is 0 Å². The van der Waals surface area contributed by atoms with Crippen LogP contribution in [0.1, 0.15) is 17.2 Å². The molecule has 4 rings (SSSR count). The Labute approximate surface area is 191 Å². The van der Waals surface area contributed by atoms with Gasteiger partial charge in [-0.05, 0) is 35.9 Å². The van der Waals surface area contributed by atoms with Crippen molar-refractivity contribution in [2.75, 3.05) is 46.5 Å². The minimum absolute atomic E-state index is 0.00347. The zero-order valence-corrected chi connectivity index (χ0v) is 18.4. The van der Waals surface area contributed by atoms with Crippen LogP contribution >= 0.6 is 11.6 Å². The second-order valence-corrected chi connectivity index (χ2v) is 8.01. The second kappa shape index (κ2) is 9.68. The van der Waals surface area contributed by atoms with Gasteiger partial charge in [-0.15, -0.1) is 0 Å². The number of pyridine rings is 1. The molecule has 2 saturated heterocycles. The number of aromatic nitrogens is 1. The number of hydrogen-bond acceptors (Lipinski definition) is 7. The van der Waals surface area contributed by atoms with Crippen LogP contribution in [-0.2, 0) is 14.3 Å². The summed E-state index contributed by atoms with van der Waals surface area (Å²) in [6, 6.07) is 7.47. The number of ketones is 1. The highest BCUT2D eigenvalue weighted by Crippen LogP contribution is 2.41. The molecule has 1 aromatic carbocycles. The number of ether oxygens (including phenoxy) is 2. The van der Waals surface area contributed by atoms with E-state index in [0.29, 0.717) is 42.6 Å². The first-order valence-corrected chi connectivity index (χ1v) is 10.7.